The van der Waals surface area contributed by atoms with E-state index in [1.807, 2.05) is 14.0 Å². The zero-order valence-corrected chi connectivity index (χ0v) is 10.1. The van der Waals surface area contributed by atoms with Gasteiger partial charge in [-0.05, 0) is 39.8 Å². The van der Waals surface area contributed by atoms with E-state index in [1.165, 1.54) is 25.9 Å². The molecule has 0 radical (unpaired) electrons. The summed E-state index contributed by atoms with van der Waals surface area (Å²) in [6, 6.07) is 0.491. The van der Waals surface area contributed by atoms with Gasteiger partial charge in [0.25, 0.3) is 0 Å². The van der Waals surface area contributed by atoms with Crippen LogP contribution in [0, 0.1) is 0 Å². The molecule has 1 atom stereocenters. The van der Waals surface area contributed by atoms with Gasteiger partial charge in [0.2, 0.25) is 0 Å². The molecule has 0 aliphatic carbocycles. The molecule has 0 aromatic heterocycles. The van der Waals surface area contributed by atoms with Crippen molar-refractivity contribution in [2.45, 2.75) is 32.7 Å². The van der Waals surface area contributed by atoms with Gasteiger partial charge in [-0.1, -0.05) is 0 Å². The van der Waals surface area contributed by atoms with Crippen LogP contribution < -0.4 is 5.32 Å². The first-order chi connectivity index (χ1) is 7.15. The zero-order chi connectivity index (χ0) is 11.3. The van der Waals surface area contributed by atoms with E-state index in [0.717, 1.165) is 13.1 Å². The Hall–Kier alpha value is -0.770. The van der Waals surface area contributed by atoms with Crippen LogP contribution in [0.3, 0.4) is 0 Å². The van der Waals surface area contributed by atoms with E-state index in [-0.39, 0.29) is 6.03 Å². The number of hydrogen-bond donors (Lipinski definition) is 1. The summed E-state index contributed by atoms with van der Waals surface area (Å²) in [5.41, 5.74) is 0. The van der Waals surface area contributed by atoms with Gasteiger partial charge in [0, 0.05) is 26.2 Å². The average molecular weight is 213 g/mol. The molecule has 0 aromatic rings. The fraction of sp³-hybridized carbons (Fsp3) is 0.909. The summed E-state index contributed by atoms with van der Waals surface area (Å²) in [5, 5.41) is 2.96. The van der Waals surface area contributed by atoms with Crippen LogP contribution in [0.5, 0.6) is 0 Å². The maximum Gasteiger partial charge on any atom is 0.317 e. The van der Waals surface area contributed by atoms with E-state index in [1.54, 1.807) is 4.90 Å². The normalized spacial score (nSPS) is 18.9. The molecule has 0 bridgehead atoms. The lowest BCUT2D eigenvalue weighted by atomic mass is 10.3. The van der Waals surface area contributed by atoms with Crippen molar-refractivity contribution in [3.05, 3.63) is 0 Å². The van der Waals surface area contributed by atoms with E-state index in [0.29, 0.717) is 6.04 Å². The molecule has 4 heteroatoms. The molecule has 1 aliphatic heterocycles. The Morgan fingerprint density at radius 3 is 2.60 bits per heavy atom. The quantitative estimate of drug-likeness (QED) is 0.760. The molecule has 1 heterocycles. The van der Waals surface area contributed by atoms with Gasteiger partial charge in [0.1, 0.15) is 0 Å². The Labute approximate surface area is 92.6 Å². The van der Waals surface area contributed by atoms with E-state index in [4.69, 9.17) is 0 Å². The Morgan fingerprint density at radius 2 is 2.07 bits per heavy atom. The molecular formula is C11H23N3O. The lowest BCUT2D eigenvalue weighted by molar-refractivity contribution is 0.201. The second-order valence-electron chi connectivity index (χ2n) is 4.29. The lowest BCUT2D eigenvalue weighted by Crippen LogP contribution is -2.44. The number of carbonyl (C=O) groups excluding carboxylic acids is 1. The Bertz CT molecular complexity index is 202. The van der Waals surface area contributed by atoms with Crippen molar-refractivity contribution in [1.82, 2.24) is 15.1 Å². The standard InChI is InChI=1S/C11H23N3O/c1-4-13(3)11(15)12-9-10(2)14-7-5-6-8-14/h10H,4-9H2,1-3H3,(H,12,15). The van der Waals surface area contributed by atoms with E-state index >= 15 is 0 Å². The smallest absolute Gasteiger partial charge is 0.317 e. The highest BCUT2D eigenvalue weighted by Gasteiger charge is 2.18. The number of hydrogen-bond acceptors (Lipinski definition) is 2. The summed E-state index contributed by atoms with van der Waals surface area (Å²) in [4.78, 5) is 15.6. The van der Waals surface area contributed by atoms with E-state index in [2.05, 4.69) is 17.1 Å². The fourth-order valence-electron chi connectivity index (χ4n) is 1.83. The number of rotatable bonds is 4. The third-order valence-electron chi connectivity index (χ3n) is 3.13. The SMILES string of the molecule is CCN(C)C(=O)NCC(C)N1CCCC1. The van der Waals surface area contributed by atoms with Gasteiger partial charge in [-0.2, -0.15) is 0 Å². The minimum absolute atomic E-state index is 0.0311. The highest BCUT2D eigenvalue weighted by Crippen LogP contribution is 2.10. The minimum atomic E-state index is 0.0311. The predicted octanol–water partition coefficient (Wildman–Crippen LogP) is 1.13. The van der Waals surface area contributed by atoms with Crippen molar-refractivity contribution in [2.24, 2.45) is 0 Å². The van der Waals surface area contributed by atoms with Gasteiger partial charge in [-0.25, -0.2) is 4.79 Å². The van der Waals surface area contributed by atoms with Crippen LogP contribution in [0.2, 0.25) is 0 Å². The van der Waals surface area contributed by atoms with Crippen LogP contribution in [0.25, 0.3) is 0 Å². The van der Waals surface area contributed by atoms with Gasteiger partial charge in [0.05, 0.1) is 0 Å². The second-order valence-corrected chi connectivity index (χ2v) is 4.29. The number of urea groups is 1. The zero-order valence-electron chi connectivity index (χ0n) is 10.1. The lowest BCUT2D eigenvalue weighted by Gasteiger charge is -2.25. The highest BCUT2D eigenvalue weighted by molar-refractivity contribution is 5.73. The first kappa shape index (κ1) is 12.3. The fourth-order valence-corrected chi connectivity index (χ4v) is 1.83. The van der Waals surface area contributed by atoms with Crippen LogP contribution in [-0.4, -0.2) is 55.1 Å². The third kappa shape index (κ3) is 3.70. The molecule has 88 valence electrons. The topological polar surface area (TPSA) is 35.6 Å². The Kier molecular flexibility index (Phi) is 4.88. The molecule has 4 nitrogen and oxygen atoms in total. The summed E-state index contributed by atoms with van der Waals surface area (Å²) in [7, 11) is 1.82. The predicted molar refractivity (Wildman–Crippen MR) is 62.0 cm³/mol. The molecule has 0 saturated carbocycles. The molecule has 1 fully saturated rings. The van der Waals surface area contributed by atoms with Crippen LogP contribution >= 0.6 is 0 Å². The van der Waals surface area contributed by atoms with E-state index in [9.17, 15) is 4.79 Å². The molecule has 1 rings (SSSR count). The minimum Gasteiger partial charge on any atom is -0.336 e. The molecule has 2 amide bonds. The summed E-state index contributed by atoms with van der Waals surface area (Å²) in [6.45, 7) is 8.02. The van der Waals surface area contributed by atoms with Gasteiger partial charge in [-0.3, -0.25) is 4.90 Å². The van der Waals surface area contributed by atoms with Gasteiger partial charge in [-0.15, -0.1) is 0 Å². The largest absolute Gasteiger partial charge is 0.336 e. The van der Waals surface area contributed by atoms with Crippen molar-refractivity contribution in [2.75, 3.05) is 33.2 Å². The molecular weight excluding hydrogens is 190 g/mol. The first-order valence-corrected chi connectivity index (χ1v) is 5.88. The molecule has 1 N–H and O–H groups in total. The first-order valence-electron chi connectivity index (χ1n) is 5.88. The Balaban J connectivity index is 2.20. The maximum absolute atomic E-state index is 11.5. The maximum atomic E-state index is 11.5. The number of nitrogens with one attached hydrogen (secondary N) is 1. The molecule has 1 aliphatic rings. The molecule has 1 saturated heterocycles. The Morgan fingerprint density at radius 1 is 1.47 bits per heavy atom. The summed E-state index contributed by atoms with van der Waals surface area (Å²) < 4.78 is 0. The van der Waals surface area contributed by atoms with E-state index < -0.39 is 0 Å². The van der Waals surface area contributed by atoms with Crippen molar-refractivity contribution >= 4 is 6.03 Å². The molecule has 0 spiro atoms. The number of nitrogens with zero attached hydrogens (tertiary/aromatic N) is 2. The average Bonchev–Trinajstić information content (AvgIpc) is 2.77. The summed E-state index contributed by atoms with van der Waals surface area (Å²) >= 11 is 0. The summed E-state index contributed by atoms with van der Waals surface area (Å²) in [6.07, 6.45) is 2.60. The van der Waals surface area contributed by atoms with Crippen LogP contribution in [0.4, 0.5) is 4.79 Å². The molecule has 15 heavy (non-hydrogen) atoms. The molecule has 0 aromatic carbocycles. The molecule has 1 unspecified atom stereocenters. The third-order valence-corrected chi connectivity index (χ3v) is 3.13. The highest BCUT2D eigenvalue weighted by atomic mass is 16.2. The van der Waals surface area contributed by atoms with Crippen molar-refractivity contribution in [3.8, 4) is 0 Å². The number of carbonyl (C=O) groups is 1. The van der Waals surface area contributed by atoms with Gasteiger partial charge in [0.15, 0.2) is 0 Å². The van der Waals surface area contributed by atoms with Crippen LogP contribution in [-0.2, 0) is 0 Å². The van der Waals surface area contributed by atoms with Gasteiger partial charge >= 0.3 is 6.03 Å². The number of likely N-dealkylation sites (tertiary alicyclic amines) is 1. The van der Waals surface area contributed by atoms with Crippen LogP contribution in [0.15, 0.2) is 0 Å². The monoisotopic (exact) mass is 213 g/mol. The van der Waals surface area contributed by atoms with Crippen LogP contribution in [0.1, 0.15) is 26.7 Å². The second kappa shape index (κ2) is 5.95. The van der Waals surface area contributed by atoms with Crippen molar-refractivity contribution in [1.29, 1.82) is 0 Å². The van der Waals surface area contributed by atoms with Crippen molar-refractivity contribution < 1.29 is 4.79 Å². The number of amides is 2. The summed E-state index contributed by atoms with van der Waals surface area (Å²) in [5.74, 6) is 0. The van der Waals surface area contributed by atoms with Crippen molar-refractivity contribution in [3.63, 3.8) is 0 Å². The van der Waals surface area contributed by atoms with Gasteiger partial charge < -0.3 is 10.2 Å².